The summed E-state index contributed by atoms with van der Waals surface area (Å²) in [7, 11) is 0. The van der Waals surface area contributed by atoms with Crippen molar-refractivity contribution in [3.8, 4) is 5.75 Å². The van der Waals surface area contributed by atoms with Crippen molar-refractivity contribution in [2.45, 2.75) is 0 Å². The minimum Gasteiger partial charge on any atom is -0.482 e. The highest BCUT2D eigenvalue weighted by molar-refractivity contribution is 6.28. The lowest BCUT2D eigenvalue weighted by atomic mass is 10.2. The van der Waals surface area contributed by atoms with Crippen LogP contribution in [-0.4, -0.2) is 29.6 Å². The van der Waals surface area contributed by atoms with Gasteiger partial charge in [0.05, 0.1) is 5.69 Å². The molecule has 1 aliphatic heterocycles. The number of anilines is 1. The Labute approximate surface area is 143 Å². The molecule has 7 nitrogen and oxygen atoms in total. The summed E-state index contributed by atoms with van der Waals surface area (Å²) in [6.45, 7) is -0.430. The van der Waals surface area contributed by atoms with Gasteiger partial charge in [0.25, 0.3) is 5.91 Å². The van der Waals surface area contributed by atoms with E-state index in [-0.39, 0.29) is 5.70 Å². The second kappa shape index (κ2) is 6.88. The fraction of sp³-hybridized carbons (Fsp3) is 0.0556. The largest absolute Gasteiger partial charge is 0.482 e. The molecule has 126 valence electrons. The number of nitrogens with zero attached hydrogens (tertiary/aromatic N) is 1. The third-order valence-electron chi connectivity index (χ3n) is 3.45. The highest BCUT2D eigenvalue weighted by atomic mass is 16.5. The minimum absolute atomic E-state index is 0.160. The second-order valence-electron chi connectivity index (χ2n) is 5.22. The van der Waals surface area contributed by atoms with Crippen molar-refractivity contribution in [1.82, 2.24) is 5.32 Å². The number of benzene rings is 2. The van der Waals surface area contributed by atoms with Gasteiger partial charge in [0, 0.05) is 0 Å². The Bertz CT molecular complexity index is 844. The van der Waals surface area contributed by atoms with Gasteiger partial charge in [0.2, 0.25) is 0 Å². The third kappa shape index (κ3) is 3.66. The molecular formula is C18H14N2O5. The number of rotatable bonds is 5. The Morgan fingerprint density at radius 1 is 1.08 bits per heavy atom. The van der Waals surface area contributed by atoms with Gasteiger partial charge in [-0.05, 0) is 35.9 Å². The molecule has 2 aromatic carbocycles. The molecule has 2 N–H and O–H groups in total. The summed E-state index contributed by atoms with van der Waals surface area (Å²) in [5.41, 5.74) is 1.32. The zero-order chi connectivity index (χ0) is 17.8. The van der Waals surface area contributed by atoms with E-state index < -0.39 is 24.5 Å². The van der Waals surface area contributed by atoms with Crippen LogP contribution in [0.15, 0.2) is 60.3 Å². The summed E-state index contributed by atoms with van der Waals surface area (Å²) in [6, 6.07) is 14.6. The van der Waals surface area contributed by atoms with Gasteiger partial charge in [-0.3, -0.25) is 4.79 Å². The van der Waals surface area contributed by atoms with Crippen LogP contribution in [0.2, 0.25) is 0 Å². The maximum atomic E-state index is 12.4. The number of urea groups is 1. The zero-order valence-electron chi connectivity index (χ0n) is 13.0. The van der Waals surface area contributed by atoms with Crippen LogP contribution in [0.3, 0.4) is 0 Å². The lowest BCUT2D eigenvalue weighted by Gasteiger charge is -2.10. The fourth-order valence-electron chi connectivity index (χ4n) is 2.32. The van der Waals surface area contributed by atoms with Crippen molar-refractivity contribution < 1.29 is 24.2 Å². The van der Waals surface area contributed by atoms with Crippen LogP contribution in [0.1, 0.15) is 5.56 Å². The van der Waals surface area contributed by atoms with Crippen molar-refractivity contribution in [2.75, 3.05) is 11.5 Å². The van der Waals surface area contributed by atoms with Crippen LogP contribution in [0.4, 0.5) is 10.5 Å². The van der Waals surface area contributed by atoms with Crippen LogP contribution in [0.25, 0.3) is 6.08 Å². The number of hydrogen-bond acceptors (Lipinski definition) is 4. The van der Waals surface area contributed by atoms with Gasteiger partial charge in [-0.1, -0.05) is 30.3 Å². The highest BCUT2D eigenvalue weighted by Crippen LogP contribution is 2.22. The number of carboxylic acids is 1. The molecule has 0 saturated carbocycles. The first-order valence-electron chi connectivity index (χ1n) is 7.41. The van der Waals surface area contributed by atoms with Gasteiger partial charge in [-0.15, -0.1) is 0 Å². The van der Waals surface area contributed by atoms with Gasteiger partial charge >= 0.3 is 12.0 Å². The van der Waals surface area contributed by atoms with E-state index in [1.807, 2.05) is 0 Å². The van der Waals surface area contributed by atoms with Crippen LogP contribution >= 0.6 is 0 Å². The molecule has 0 aromatic heterocycles. The zero-order valence-corrected chi connectivity index (χ0v) is 13.0. The van der Waals surface area contributed by atoms with Crippen LogP contribution < -0.4 is 15.0 Å². The number of aliphatic carboxylic acids is 1. The van der Waals surface area contributed by atoms with Gasteiger partial charge < -0.3 is 15.2 Å². The molecule has 3 rings (SSSR count). The molecule has 25 heavy (non-hydrogen) atoms. The van der Waals surface area contributed by atoms with Gasteiger partial charge in [-0.25, -0.2) is 14.5 Å². The Kier molecular flexibility index (Phi) is 4.47. The lowest BCUT2D eigenvalue weighted by Crippen LogP contribution is -2.30. The average molecular weight is 338 g/mol. The van der Waals surface area contributed by atoms with E-state index in [0.717, 1.165) is 4.90 Å². The summed E-state index contributed by atoms with van der Waals surface area (Å²) < 4.78 is 5.04. The van der Waals surface area contributed by atoms with Crippen LogP contribution in [0, 0.1) is 0 Å². The number of nitrogens with one attached hydrogen (secondary N) is 1. The van der Waals surface area contributed by atoms with Crippen LogP contribution in [0.5, 0.6) is 5.75 Å². The van der Waals surface area contributed by atoms with Gasteiger partial charge in [0.15, 0.2) is 6.61 Å². The Balaban J connectivity index is 1.77. The van der Waals surface area contributed by atoms with Crippen molar-refractivity contribution in [3.63, 3.8) is 0 Å². The van der Waals surface area contributed by atoms with E-state index in [9.17, 15) is 14.4 Å². The van der Waals surface area contributed by atoms with E-state index in [4.69, 9.17) is 9.84 Å². The molecule has 1 saturated heterocycles. The van der Waals surface area contributed by atoms with Crippen LogP contribution in [-0.2, 0) is 9.59 Å². The molecule has 1 heterocycles. The quantitative estimate of drug-likeness (QED) is 0.644. The maximum Gasteiger partial charge on any atom is 0.341 e. The van der Waals surface area contributed by atoms with Gasteiger partial charge in [-0.2, -0.15) is 0 Å². The first-order valence-corrected chi connectivity index (χ1v) is 7.41. The lowest BCUT2D eigenvalue weighted by molar-refractivity contribution is -0.139. The van der Waals surface area contributed by atoms with E-state index in [0.29, 0.717) is 17.0 Å². The summed E-state index contributed by atoms with van der Waals surface area (Å²) >= 11 is 0. The number of imide groups is 1. The average Bonchev–Trinajstić information content (AvgIpc) is 2.88. The number of ether oxygens (including phenoxy) is 1. The molecule has 0 atom stereocenters. The molecule has 0 radical (unpaired) electrons. The molecule has 3 amide bonds. The highest BCUT2D eigenvalue weighted by Gasteiger charge is 2.34. The molecule has 1 aliphatic rings. The number of carboxylic acid groups (broad SMARTS) is 1. The van der Waals surface area contributed by atoms with E-state index in [2.05, 4.69) is 5.32 Å². The first-order chi connectivity index (χ1) is 12.0. The molecule has 0 unspecified atom stereocenters. The molecule has 7 heteroatoms. The third-order valence-corrected chi connectivity index (χ3v) is 3.45. The second-order valence-corrected chi connectivity index (χ2v) is 5.22. The molecular weight excluding hydrogens is 324 g/mol. The normalized spacial score (nSPS) is 15.4. The Morgan fingerprint density at radius 2 is 1.76 bits per heavy atom. The van der Waals surface area contributed by atoms with Crippen molar-refractivity contribution >= 4 is 29.7 Å². The van der Waals surface area contributed by atoms with E-state index in [1.165, 1.54) is 0 Å². The van der Waals surface area contributed by atoms with E-state index >= 15 is 0 Å². The molecule has 0 bridgehead atoms. The van der Waals surface area contributed by atoms with Crippen molar-refractivity contribution in [3.05, 3.63) is 65.9 Å². The minimum atomic E-state index is -1.06. The molecule has 2 aromatic rings. The van der Waals surface area contributed by atoms with Gasteiger partial charge in [0.1, 0.15) is 11.4 Å². The predicted octanol–water partition coefficient (Wildman–Crippen LogP) is 2.25. The monoisotopic (exact) mass is 338 g/mol. The van der Waals surface area contributed by atoms with Crippen molar-refractivity contribution in [1.29, 1.82) is 0 Å². The summed E-state index contributed by atoms with van der Waals surface area (Å²) in [5.74, 6) is -1.11. The van der Waals surface area contributed by atoms with E-state index in [1.54, 1.807) is 60.7 Å². The molecule has 0 aliphatic carbocycles. The molecule has 0 spiro atoms. The SMILES string of the molecule is O=C(O)COc1ccc(C=C2NC(=O)N(c3ccccc3)C2=O)cc1. The predicted molar refractivity (Wildman–Crippen MR) is 90.0 cm³/mol. The first kappa shape index (κ1) is 16.3. The summed E-state index contributed by atoms with van der Waals surface area (Å²) in [4.78, 5) is 36.0. The number of carbonyl (C=O) groups is 3. The number of amides is 3. The number of para-hydroxylation sites is 1. The number of carbonyl (C=O) groups excluding carboxylic acids is 2. The summed E-state index contributed by atoms with van der Waals surface area (Å²) in [5, 5.41) is 11.1. The maximum absolute atomic E-state index is 12.4. The smallest absolute Gasteiger partial charge is 0.341 e. The topological polar surface area (TPSA) is 95.9 Å². The number of hydrogen-bond donors (Lipinski definition) is 2. The Hall–Kier alpha value is -3.61. The summed E-state index contributed by atoms with van der Waals surface area (Å²) in [6.07, 6.45) is 1.55. The fourth-order valence-corrected chi connectivity index (χ4v) is 2.32. The standard InChI is InChI=1S/C18H14N2O5/c21-16(22)11-25-14-8-6-12(7-9-14)10-15-17(23)20(18(24)19-15)13-4-2-1-3-5-13/h1-10H,11H2,(H,19,24)(H,21,22). The van der Waals surface area contributed by atoms with Crippen molar-refractivity contribution in [2.24, 2.45) is 0 Å². The Morgan fingerprint density at radius 3 is 2.40 bits per heavy atom. The molecule has 1 fully saturated rings.